The molecule has 3 aromatic rings. The molecule has 0 spiro atoms. The highest BCUT2D eigenvalue weighted by molar-refractivity contribution is 5.65. The van der Waals surface area contributed by atoms with Gasteiger partial charge in [0.15, 0.2) is 0 Å². The molecule has 164 valence electrons. The van der Waals surface area contributed by atoms with E-state index in [1.807, 2.05) is 24.3 Å². The van der Waals surface area contributed by atoms with Gasteiger partial charge in [-0.2, -0.15) is 13.2 Å². The number of halogens is 6. The molecule has 0 radical (unpaired) electrons. The Bertz CT molecular complexity index is 1170. The molecular formula is C26H18F6. The summed E-state index contributed by atoms with van der Waals surface area (Å²) >= 11 is 0. The number of hydrogen-bond acceptors (Lipinski definition) is 0. The zero-order valence-corrected chi connectivity index (χ0v) is 17.0. The second-order valence-electron chi connectivity index (χ2n) is 7.12. The van der Waals surface area contributed by atoms with Crippen LogP contribution in [0.5, 0.6) is 0 Å². The van der Waals surface area contributed by atoms with E-state index in [2.05, 4.69) is 18.8 Å². The highest BCUT2D eigenvalue weighted by Gasteiger charge is 2.22. The van der Waals surface area contributed by atoms with Gasteiger partial charge < -0.3 is 0 Å². The molecule has 0 amide bonds. The Kier molecular flexibility index (Phi) is 7.09. The smallest absolute Gasteiger partial charge is 0.206 e. The monoisotopic (exact) mass is 444 g/mol. The second-order valence-corrected chi connectivity index (χ2v) is 7.12. The van der Waals surface area contributed by atoms with Crippen LogP contribution in [0.1, 0.15) is 35.6 Å². The molecule has 0 saturated carbocycles. The number of benzene rings is 3. The maximum atomic E-state index is 14.5. The van der Waals surface area contributed by atoms with E-state index in [1.54, 1.807) is 6.07 Å². The Morgan fingerprint density at radius 1 is 0.781 bits per heavy atom. The number of hydrogen-bond donors (Lipinski definition) is 0. The van der Waals surface area contributed by atoms with Crippen molar-refractivity contribution in [1.29, 1.82) is 0 Å². The molecular weight excluding hydrogens is 426 g/mol. The molecule has 0 N–H and O–H groups in total. The molecule has 0 bridgehead atoms. The van der Waals surface area contributed by atoms with Crippen molar-refractivity contribution in [1.82, 2.24) is 0 Å². The van der Waals surface area contributed by atoms with Crippen molar-refractivity contribution in [3.05, 3.63) is 100 Å². The minimum atomic E-state index is -4.70. The fourth-order valence-electron chi connectivity index (χ4n) is 3.08. The van der Waals surface area contributed by atoms with E-state index in [9.17, 15) is 26.3 Å². The average Bonchev–Trinajstić information content (AvgIpc) is 2.72. The number of aryl methyl sites for hydroxylation is 1. The van der Waals surface area contributed by atoms with Gasteiger partial charge in [0.05, 0.1) is 5.56 Å². The van der Waals surface area contributed by atoms with Crippen LogP contribution in [0.3, 0.4) is 0 Å². The number of allylic oxidation sites excluding steroid dienone is 1. The van der Waals surface area contributed by atoms with Gasteiger partial charge in [-0.3, -0.25) is 0 Å². The van der Waals surface area contributed by atoms with Crippen LogP contribution in [0.25, 0.3) is 17.2 Å². The first kappa shape index (κ1) is 23.2. The molecule has 0 atom stereocenters. The Morgan fingerprint density at radius 3 is 1.97 bits per heavy atom. The third kappa shape index (κ3) is 6.04. The first-order valence-electron chi connectivity index (χ1n) is 9.82. The fraction of sp³-hybridized carbons (Fsp3) is 0.154. The summed E-state index contributed by atoms with van der Waals surface area (Å²) in [4.78, 5) is 0. The summed E-state index contributed by atoms with van der Waals surface area (Å²) in [6.45, 7) is 2.09. The van der Waals surface area contributed by atoms with Gasteiger partial charge in [0.1, 0.15) is 17.5 Å². The third-order valence-electron chi connectivity index (χ3n) is 4.65. The SMILES string of the molecule is CCCc1ccc(-c2ccc(C#Cc3cc(F)c(/C=C/C(F)(F)F)c(F)c3)c(F)c2)cc1. The van der Waals surface area contributed by atoms with Crippen molar-refractivity contribution in [3.8, 4) is 23.0 Å². The molecule has 32 heavy (non-hydrogen) atoms. The molecule has 0 saturated heterocycles. The van der Waals surface area contributed by atoms with E-state index in [1.165, 1.54) is 17.7 Å². The van der Waals surface area contributed by atoms with Crippen molar-refractivity contribution in [2.75, 3.05) is 0 Å². The van der Waals surface area contributed by atoms with E-state index in [-0.39, 0.29) is 17.2 Å². The van der Waals surface area contributed by atoms with Crippen LogP contribution in [-0.2, 0) is 6.42 Å². The summed E-state index contributed by atoms with van der Waals surface area (Å²) in [6, 6.07) is 13.9. The van der Waals surface area contributed by atoms with Gasteiger partial charge in [-0.25, -0.2) is 13.2 Å². The zero-order valence-electron chi connectivity index (χ0n) is 17.0. The van der Waals surface area contributed by atoms with Crippen molar-refractivity contribution in [2.24, 2.45) is 0 Å². The van der Waals surface area contributed by atoms with Crippen LogP contribution in [0.2, 0.25) is 0 Å². The maximum absolute atomic E-state index is 14.5. The van der Waals surface area contributed by atoms with Crippen molar-refractivity contribution < 1.29 is 26.3 Å². The zero-order chi connectivity index (χ0) is 23.3. The van der Waals surface area contributed by atoms with E-state index in [4.69, 9.17) is 0 Å². The van der Waals surface area contributed by atoms with Crippen LogP contribution in [-0.4, -0.2) is 6.18 Å². The van der Waals surface area contributed by atoms with Gasteiger partial charge in [0.25, 0.3) is 0 Å². The van der Waals surface area contributed by atoms with E-state index in [0.29, 0.717) is 11.6 Å². The van der Waals surface area contributed by atoms with Gasteiger partial charge >= 0.3 is 6.18 Å². The summed E-state index contributed by atoms with van der Waals surface area (Å²) in [7, 11) is 0. The predicted molar refractivity (Wildman–Crippen MR) is 113 cm³/mol. The van der Waals surface area contributed by atoms with Crippen LogP contribution in [0.4, 0.5) is 26.3 Å². The molecule has 0 heterocycles. The summed E-state index contributed by atoms with van der Waals surface area (Å²) in [5.41, 5.74) is 1.77. The summed E-state index contributed by atoms with van der Waals surface area (Å²) in [6.07, 6.45) is -2.64. The van der Waals surface area contributed by atoms with E-state index in [0.717, 1.165) is 30.5 Å². The Labute approximate surface area is 182 Å². The molecule has 6 heteroatoms. The van der Waals surface area contributed by atoms with Gasteiger partial charge in [-0.1, -0.05) is 55.5 Å². The van der Waals surface area contributed by atoms with Gasteiger partial charge in [0.2, 0.25) is 0 Å². The first-order chi connectivity index (χ1) is 15.2. The summed E-state index contributed by atoms with van der Waals surface area (Å²) < 4.78 is 79.2. The lowest BCUT2D eigenvalue weighted by Crippen LogP contribution is -2.01. The van der Waals surface area contributed by atoms with Crippen LogP contribution in [0, 0.1) is 29.3 Å². The van der Waals surface area contributed by atoms with Crippen LogP contribution >= 0.6 is 0 Å². The lowest BCUT2D eigenvalue weighted by molar-refractivity contribution is -0.0790. The van der Waals surface area contributed by atoms with E-state index < -0.39 is 29.2 Å². The largest absolute Gasteiger partial charge is 0.409 e. The Hall–Kier alpha value is -3.46. The standard InChI is InChI=1S/C26H18F6/c1-2-3-17-4-7-19(8-5-17)21-11-10-20(23(27)16-21)9-6-18-14-24(28)22(25(29)15-18)12-13-26(30,31)32/h4-5,7-8,10-16H,2-3H2,1H3/b13-12+. The minimum absolute atomic E-state index is 0.0261. The fourth-order valence-corrected chi connectivity index (χ4v) is 3.08. The van der Waals surface area contributed by atoms with Crippen molar-refractivity contribution in [3.63, 3.8) is 0 Å². The lowest BCUT2D eigenvalue weighted by Gasteiger charge is -2.05. The Morgan fingerprint density at radius 2 is 1.41 bits per heavy atom. The average molecular weight is 444 g/mol. The molecule has 3 rings (SSSR count). The van der Waals surface area contributed by atoms with Gasteiger partial charge in [0, 0.05) is 17.2 Å². The molecule has 0 aliphatic heterocycles. The summed E-state index contributed by atoms with van der Waals surface area (Å²) in [5.74, 6) is 1.96. The molecule has 0 aromatic heterocycles. The molecule has 0 unspecified atom stereocenters. The van der Waals surface area contributed by atoms with Crippen molar-refractivity contribution >= 4 is 6.08 Å². The van der Waals surface area contributed by atoms with Gasteiger partial charge in [-0.05, 0) is 53.5 Å². The molecule has 0 fully saturated rings. The van der Waals surface area contributed by atoms with E-state index >= 15 is 0 Å². The van der Waals surface area contributed by atoms with Crippen LogP contribution < -0.4 is 0 Å². The quantitative estimate of drug-likeness (QED) is 0.286. The third-order valence-corrected chi connectivity index (χ3v) is 4.65. The Balaban J connectivity index is 1.83. The lowest BCUT2D eigenvalue weighted by atomic mass is 10.0. The molecule has 3 aromatic carbocycles. The second kappa shape index (κ2) is 9.78. The predicted octanol–water partition coefficient (Wildman–Crippen LogP) is 7.70. The first-order valence-corrected chi connectivity index (χ1v) is 9.82. The van der Waals surface area contributed by atoms with Gasteiger partial charge in [-0.15, -0.1) is 0 Å². The molecule has 0 nitrogen and oxygen atoms in total. The van der Waals surface area contributed by atoms with Crippen LogP contribution in [0.15, 0.2) is 60.7 Å². The molecule has 0 aliphatic rings. The maximum Gasteiger partial charge on any atom is 0.409 e. The number of alkyl halides is 3. The van der Waals surface area contributed by atoms with Crippen molar-refractivity contribution in [2.45, 2.75) is 25.9 Å². The highest BCUT2D eigenvalue weighted by Crippen LogP contribution is 2.24. The normalized spacial score (nSPS) is 11.5. The number of rotatable bonds is 4. The summed E-state index contributed by atoms with van der Waals surface area (Å²) in [5, 5.41) is 0. The minimum Gasteiger partial charge on any atom is -0.206 e. The molecule has 0 aliphatic carbocycles. The highest BCUT2D eigenvalue weighted by atomic mass is 19.4. The topological polar surface area (TPSA) is 0 Å².